The second-order valence-electron chi connectivity index (χ2n) is 7.94. The Morgan fingerprint density at radius 2 is 1.37 bits per heavy atom. The molecule has 0 aliphatic rings. The summed E-state index contributed by atoms with van der Waals surface area (Å²) in [5.74, 6) is 2.92. The van der Waals surface area contributed by atoms with Crippen LogP contribution in [-0.4, -0.2) is 40.9 Å². The highest BCUT2D eigenvalue weighted by atomic mass is 16.5. The normalized spacial score (nSPS) is 10.8. The Labute approximate surface area is 204 Å². The fourth-order valence-electron chi connectivity index (χ4n) is 4.01. The van der Waals surface area contributed by atoms with E-state index in [9.17, 15) is 4.79 Å². The van der Waals surface area contributed by atoms with Gasteiger partial charge in [-0.05, 0) is 54.4 Å². The number of methoxy groups -OCH3 is 4. The molecule has 4 rings (SSSR count). The number of amides is 1. The summed E-state index contributed by atoms with van der Waals surface area (Å²) in [5.41, 5.74) is 3.38. The Kier molecular flexibility index (Phi) is 7.15. The second kappa shape index (κ2) is 10.4. The van der Waals surface area contributed by atoms with E-state index < -0.39 is 0 Å². The third-order valence-corrected chi connectivity index (χ3v) is 5.77. The molecule has 0 saturated heterocycles. The molecule has 1 heterocycles. The van der Waals surface area contributed by atoms with E-state index in [1.165, 1.54) is 0 Å². The molecule has 35 heavy (non-hydrogen) atoms. The van der Waals surface area contributed by atoms with Gasteiger partial charge in [-0.25, -0.2) is 0 Å². The van der Waals surface area contributed by atoms with Gasteiger partial charge in [0.25, 0.3) is 5.91 Å². The van der Waals surface area contributed by atoms with Gasteiger partial charge in [-0.3, -0.25) is 4.79 Å². The van der Waals surface area contributed by atoms with Gasteiger partial charge in [0.15, 0.2) is 0 Å². The van der Waals surface area contributed by atoms with Gasteiger partial charge in [-0.1, -0.05) is 6.92 Å². The molecule has 0 unspecified atom stereocenters. The van der Waals surface area contributed by atoms with Crippen LogP contribution in [0.25, 0.3) is 33.4 Å². The van der Waals surface area contributed by atoms with Crippen LogP contribution in [0.3, 0.4) is 0 Å². The van der Waals surface area contributed by atoms with Crippen molar-refractivity contribution in [2.24, 2.45) is 0 Å². The summed E-state index contributed by atoms with van der Waals surface area (Å²) in [6.45, 7) is 2.57. The number of nitrogens with one attached hydrogen (secondary N) is 1. The monoisotopic (exact) mass is 475 g/mol. The number of hydrogen-bond donors (Lipinski definition) is 1. The minimum absolute atomic E-state index is 0.200. The van der Waals surface area contributed by atoms with Crippen LogP contribution in [0.1, 0.15) is 23.7 Å². The molecule has 0 bridgehead atoms. The van der Waals surface area contributed by atoms with E-state index in [4.69, 9.17) is 23.4 Å². The first-order valence-corrected chi connectivity index (χ1v) is 11.3. The first-order chi connectivity index (χ1) is 17.0. The summed E-state index contributed by atoms with van der Waals surface area (Å²) in [6.07, 6.45) is 0.821. The average Bonchev–Trinajstić information content (AvgIpc) is 3.30. The van der Waals surface area contributed by atoms with Crippen LogP contribution in [0.2, 0.25) is 0 Å². The highest BCUT2D eigenvalue weighted by Gasteiger charge is 2.25. The minimum Gasteiger partial charge on any atom is -0.497 e. The Morgan fingerprint density at radius 1 is 0.771 bits per heavy atom. The summed E-state index contributed by atoms with van der Waals surface area (Å²) in [6, 6.07) is 16.7. The minimum atomic E-state index is -0.200. The topological polar surface area (TPSA) is 79.2 Å². The van der Waals surface area contributed by atoms with Crippen molar-refractivity contribution in [3.8, 4) is 45.4 Å². The van der Waals surface area contributed by atoms with E-state index in [2.05, 4.69) is 5.32 Å². The maximum Gasteiger partial charge on any atom is 0.252 e. The third-order valence-electron chi connectivity index (χ3n) is 5.77. The number of ether oxygens (including phenoxy) is 4. The van der Waals surface area contributed by atoms with E-state index in [1.807, 2.05) is 43.3 Å². The molecule has 4 aromatic rings. The molecule has 0 aliphatic carbocycles. The third kappa shape index (κ3) is 4.75. The first-order valence-electron chi connectivity index (χ1n) is 11.3. The molecule has 0 spiro atoms. The van der Waals surface area contributed by atoms with Crippen LogP contribution in [0.15, 0.2) is 59.0 Å². The van der Waals surface area contributed by atoms with Crippen molar-refractivity contribution in [2.75, 3.05) is 35.0 Å². The predicted octanol–water partition coefficient (Wildman–Crippen LogP) is 5.94. The molecular weight excluding hydrogens is 446 g/mol. The van der Waals surface area contributed by atoms with Crippen molar-refractivity contribution < 1.29 is 28.2 Å². The van der Waals surface area contributed by atoms with E-state index >= 15 is 0 Å². The van der Waals surface area contributed by atoms with Gasteiger partial charge in [0.1, 0.15) is 34.3 Å². The Balaban J connectivity index is 2.07. The highest BCUT2D eigenvalue weighted by molar-refractivity contribution is 6.14. The lowest BCUT2D eigenvalue weighted by atomic mass is 9.95. The van der Waals surface area contributed by atoms with Gasteiger partial charge in [0.05, 0.1) is 34.0 Å². The molecule has 0 aliphatic heterocycles. The molecule has 7 nitrogen and oxygen atoms in total. The van der Waals surface area contributed by atoms with E-state index in [0.717, 1.165) is 28.9 Å². The van der Waals surface area contributed by atoms with Gasteiger partial charge in [-0.15, -0.1) is 0 Å². The molecule has 1 amide bonds. The van der Waals surface area contributed by atoms with Crippen molar-refractivity contribution in [3.05, 3.63) is 60.2 Å². The number of furan rings is 1. The zero-order chi connectivity index (χ0) is 24.9. The lowest BCUT2D eigenvalue weighted by molar-refractivity contribution is 0.0955. The molecular formula is C28H29NO6. The van der Waals surface area contributed by atoms with Gasteiger partial charge in [0.2, 0.25) is 0 Å². The molecule has 7 heteroatoms. The number of fused-ring (bicyclic) bond motifs is 1. The number of carbonyl (C=O) groups excluding carboxylic acids is 1. The van der Waals surface area contributed by atoms with Crippen molar-refractivity contribution in [1.82, 2.24) is 5.32 Å². The van der Waals surface area contributed by atoms with Crippen LogP contribution in [0.5, 0.6) is 23.0 Å². The second-order valence-corrected chi connectivity index (χ2v) is 7.94. The summed E-state index contributed by atoms with van der Waals surface area (Å²) < 4.78 is 28.3. The fraction of sp³-hybridized carbons (Fsp3) is 0.250. The molecule has 1 aromatic heterocycles. The molecule has 0 atom stereocenters. The fourth-order valence-corrected chi connectivity index (χ4v) is 4.01. The zero-order valence-corrected chi connectivity index (χ0v) is 20.6. The van der Waals surface area contributed by atoms with Gasteiger partial charge < -0.3 is 28.7 Å². The maximum atomic E-state index is 13.3. The SMILES string of the molecule is CCCNC(=O)c1cc(OC)cc2oc(-c3ccc(OC)cc3)c(-c3cc(OC)cc(OC)c3)c12. The molecule has 182 valence electrons. The summed E-state index contributed by atoms with van der Waals surface area (Å²) in [4.78, 5) is 13.3. The maximum absolute atomic E-state index is 13.3. The number of carbonyl (C=O) groups is 1. The van der Waals surface area contributed by atoms with Crippen LogP contribution in [0.4, 0.5) is 0 Å². The van der Waals surface area contributed by atoms with Crippen LogP contribution >= 0.6 is 0 Å². The van der Waals surface area contributed by atoms with E-state index in [1.54, 1.807) is 46.6 Å². The lowest BCUT2D eigenvalue weighted by Crippen LogP contribution is -2.24. The Bertz CT molecular complexity index is 1320. The standard InChI is InChI=1S/C28H29NO6/c1-6-11-29-28(30)23-15-22(34-5)16-24-26(23)25(18-12-20(32-3)14-21(13-18)33-4)27(35-24)17-7-9-19(31-2)10-8-17/h7-10,12-16H,6,11H2,1-5H3,(H,29,30). The van der Waals surface area contributed by atoms with Gasteiger partial charge >= 0.3 is 0 Å². The van der Waals surface area contributed by atoms with Crippen LogP contribution in [0, 0.1) is 0 Å². The average molecular weight is 476 g/mol. The quantitative estimate of drug-likeness (QED) is 0.323. The number of hydrogen-bond acceptors (Lipinski definition) is 6. The summed E-state index contributed by atoms with van der Waals surface area (Å²) >= 11 is 0. The molecule has 3 aromatic carbocycles. The van der Waals surface area contributed by atoms with E-state index in [0.29, 0.717) is 46.1 Å². The Hall–Kier alpha value is -4.13. The van der Waals surface area contributed by atoms with Crippen molar-refractivity contribution in [3.63, 3.8) is 0 Å². The van der Waals surface area contributed by atoms with Crippen LogP contribution in [-0.2, 0) is 0 Å². The van der Waals surface area contributed by atoms with Gasteiger partial charge in [-0.2, -0.15) is 0 Å². The Morgan fingerprint density at radius 3 is 1.94 bits per heavy atom. The van der Waals surface area contributed by atoms with Crippen molar-refractivity contribution in [1.29, 1.82) is 0 Å². The molecule has 1 N–H and O–H groups in total. The lowest BCUT2D eigenvalue weighted by Gasteiger charge is -2.12. The van der Waals surface area contributed by atoms with Gasteiger partial charge in [0, 0.05) is 35.2 Å². The largest absolute Gasteiger partial charge is 0.497 e. The van der Waals surface area contributed by atoms with Crippen LogP contribution < -0.4 is 24.3 Å². The van der Waals surface area contributed by atoms with E-state index in [-0.39, 0.29) is 5.91 Å². The summed E-state index contributed by atoms with van der Waals surface area (Å²) in [7, 11) is 6.39. The zero-order valence-electron chi connectivity index (χ0n) is 20.6. The summed E-state index contributed by atoms with van der Waals surface area (Å²) in [5, 5.41) is 3.66. The first kappa shape index (κ1) is 24.0. The predicted molar refractivity (Wildman–Crippen MR) is 136 cm³/mol. The van der Waals surface area contributed by atoms with Crippen molar-refractivity contribution >= 4 is 16.9 Å². The molecule has 0 saturated carbocycles. The highest BCUT2D eigenvalue weighted by Crippen LogP contribution is 2.45. The smallest absolute Gasteiger partial charge is 0.252 e. The molecule has 0 fully saturated rings. The number of rotatable bonds is 9. The van der Waals surface area contributed by atoms with Crippen molar-refractivity contribution in [2.45, 2.75) is 13.3 Å². The molecule has 0 radical (unpaired) electrons. The number of benzene rings is 3.